The molecule has 1 aliphatic heterocycles. The van der Waals surface area contributed by atoms with Gasteiger partial charge in [-0.1, -0.05) is 28.4 Å². The van der Waals surface area contributed by atoms with E-state index in [1.165, 1.54) is 0 Å². The van der Waals surface area contributed by atoms with Crippen LogP contribution in [0.4, 0.5) is 0 Å². The number of nitrogens with zero attached hydrogens (tertiary/aromatic N) is 4. The van der Waals surface area contributed by atoms with E-state index < -0.39 is 0 Å². The number of hydrogen-bond donors (Lipinski definition) is 0. The van der Waals surface area contributed by atoms with Crippen LogP contribution >= 0.6 is 23.2 Å². The summed E-state index contributed by atoms with van der Waals surface area (Å²) < 4.78 is 1.57. The highest BCUT2D eigenvalue weighted by atomic mass is 35.5. The molecule has 0 bridgehead atoms. The number of carbonyl (C=O) groups excluding carboxylic acids is 1. The lowest BCUT2D eigenvalue weighted by Crippen LogP contribution is -2.45. The van der Waals surface area contributed by atoms with E-state index >= 15 is 0 Å². The van der Waals surface area contributed by atoms with Crippen molar-refractivity contribution >= 4 is 29.1 Å². The van der Waals surface area contributed by atoms with Crippen LogP contribution in [0.5, 0.6) is 0 Å². The molecule has 2 heterocycles. The van der Waals surface area contributed by atoms with Crippen LogP contribution in [0.15, 0.2) is 24.4 Å². The Labute approximate surface area is 132 Å². The largest absolute Gasteiger partial charge is 0.341 e. The molecule has 0 radical (unpaired) electrons. The monoisotopic (exact) mass is 324 g/mol. The van der Waals surface area contributed by atoms with Gasteiger partial charge in [-0.3, -0.25) is 4.79 Å². The number of carbonyl (C=O) groups is 1. The molecule has 1 unspecified atom stereocenters. The normalized spacial score (nSPS) is 15.7. The number of halogens is 2. The molecule has 1 atom stereocenters. The van der Waals surface area contributed by atoms with Crippen molar-refractivity contribution in [3.63, 3.8) is 0 Å². The van der Waals surface area contributed by atoms with Crippen LogP contribution in [0.25, 0.3) is 11.3 Å². The second-order valence-corrected chi connectivity index (χ2v) is 5.97. The van der Waals surface area contributed by atoms with Crippen molar-refractivity contribution in [1.82, 2.24) is 19.9 Å². The fourth-order valence-electron chi connectivity index (χ4n) is 2.21. The molecule has 1 saturated heterocycles. The molecule has 0 saturated carbocycles. The van der Waals surface area contributed by atoms with Gasteiger partial charge in [-0.25, -0.2) is 4.68 Å². The van der Waals surface area contributed by atoms with Gasteiger partial charge in [0, 0.05) is 28.7 Å². The van der Waals surface area contributed by atoms with Crippen LogP contribution < -0.4 is 0 Å². The summed E-state index contributed by atoms with van der Waals surface area (Å²) in [5.41, 5.74) is 1.42. The maximum atomic E-state index is 12.2. The Kier molecular flexibility index (Phi) is 3.87. The Balaban J connectivity index is 1.83. The van der Waals surface area contributed by atoms with Crippen LogP contribution in [0.3, 0.4) is 0 Å². The number of benzene rings is 1. The summed E-state index contributed by atoms with van der Waals surface area (Å²) >= 11 is 12.0. The van der Waals surface area contributed by atoms with E-state index in [1.807, 2.05) is 11.8 Å². The van der Waals surface area contributed by atoms with E-state index in [9.17, 15) is 4.79 Å². The highest BCUT2D eigenvalue weighted by molar-refractivity contribution is 6.35. The van der Waals surface area contributed by atoms with Gasteiger partial charge < -0.3 is 4.90 Å². The Hall–Kier alpha value is -1.59. The number of aromatic nitrogens is 3. The second-order valence-electron chi connectivity index (χ2n) is 5.10. The third-order valence-corrected chi connectivity index (χ3v) is 4.03. The molecule has 3 rings (SSSR count). The SMILES string of the molecule is CC(C(=O)N1CCC1)n1cc(-c2cc(Cl)cc(Cl)c2)nn1. The predicted octanol–water partition coefficient (Wildman–Crippen LogP) is 3.05. The molecule has 1 aromatic carbocycles. The Morgan fingerprint density at radius 1 is 1.24 bits per heavy atom. The average Bonchev–Trinajstić information content (AvgIpc) is 2.84. The van der Waals surface area contributed by atoms with Crippen molar-refractivity contribution in [2.75, 3.05) is 13.1 Å². The maximum Gasteiger partial charge on any atom is 0.247 e. The van der Waals surface area contributed by atoms with Crippen LogP contribution in [0.1, 0.15) is 19.4 Å². The highest BCUT2D eigenvalue weighted by Crippen LogP contribution is 2.26. The van der Waals surface area contributed by atoms with E-state index in [0.29, 0.717) is 15.7 Å². The molecule has 2 aromatic rings. The summed E-state index contributed by atoms with van der Waals surface area (Å²) in [7, 11) is 0. The molecule has 5 nitrogen and oxygen atoms in total. The van der Waals surface area contributed by atoms with Gasteiger partial charge in [0.05, 0.1) is 6.20 Å². The number of hydrogen-bond acceptors (Lipinski definition) is 3. The number of amides is 1. The summed E-state index contributed by atoms with van der Waals surface area (Å²) in [4.78, 5) is 14.0. The molecule has 0 N–H and O–H groups in total. The van der Waals surface area contributed by atoms with E-state index in [1.54, 1.807) is 29.1 Å². The quantitative estimate of drug-likeness (QED) is 0.871. The first-order valence-corrected chi connectivity index (χ1v) is 7.47. The Morgan fingerprint density at radius 2 is 1.90 bits per heavy atom. The Morgan fingerprint density at radius 3 is 2.48 bits per heavy atom. The van der Waals surface area contributed by atoms with Gasteiger partial charge in [0.15, 0.2) is 0 Å². The smallest absolute Gasteiger partial charge is 0.247 e. The highest BCUT2D eigenvalue weighted by Gasteiger charge is 2.26. The first-order chi connectivity index (χ1) is 10.0. The standard InChI is InChI=1S/C14H14Cl2N4O/c1-9(14(21)19-3-2-4-19)20-8-13(17-18-20)10-5-11(15)7-12(16)6-10/h5-9H,2-4H2,1H3. The van der Waals surface area contributed by atoms with Gasteiger partial charge in [-0.05, 0) is 31.5 Å². The van der Waals surface area contributed by atoms with Crippen LogP contribution in [0.2, 0.25) is 10.0 Å². The molecule has 1 aliphatic rings. The van der Waals surface area contributed by atoms with Crippen molar-refractivity contribution in [3.05, 3.63) is 34.4 Å². The van der Waals surface area contributed by atoms with Crippen LogP contribution in [0, 0.1) is 0 Å². The van der Waals surface area contributed by atoms with E-state index in [4.69, 9.17) is 23.2 Å². The molecule has 0 spiro atoms. The lowest BCUT2D eigenvalue weighted by atomic mass is 10.1. The van der Waals surface area contributed by atoms with E-state index in [2.05, 4.69) is 10.3 Å². The maximum absolute atomic E-state index is 12.2. The molecule has 110 valence electrons. The fraction of sp³-hybridized carbons (Fsp3) is 0.357. The molecule has 1 amide bonds. The molecule has 21 heavy (non-hydrogen) atoms. The second kappa shape index (κ2) is 5.66. The summed E-state index contributed by atoms with van der Waals surface area (Å²) in [6.45, 7) is 3.48. The third kappa shape index (κ3) is 2.89. The Bertz CT molecular complexity index is 661. The minimum absolute atomic E-state index is 0.0711. The first kappa shape index (κ1) is 14.4. The van der Waals surface area contributed by atoms with Gasteiger partial charge in [0.1, 0.15) is 11.7 Å². The lowest BCUT2D eigenvalue weighted by Gasteiger charge is -2.32. The predicted molar refractivity (Wildman–Crippen MR) is 81.4 cm³/mol. The van der Waals surface area contributed by atoms with Crippen molar-refractivity contribution in [1.29, 1.82) is 0 Å². The van der Waals surface area contributed by atoms with Gasteiger partial charge in [-0.2, -0.15) is 0 Å². The molecule has 1 fully saturated rings. The molecular formula is C14H14Cl2N4O. The summed E-state index contributed by atoms with van der Waals surface area (Å²) in [5, 5.41) is 9.22. The van der Waals surface area contributed by atoms with Crippen molar-refractivity contribution in [3.8, 4) is 11.3 Å². The van der Waals surface area contributed by atoms with Crippen molar-refractivity contribution in [2.45, 2.75) is 19.4 Å². The van der Waals surface area contributed by atoms with E-state index in [0.717, 1.165) is 25.1 Å². The van der Waals surface area contributed by atoms with Gasteiger partial charge in [-0.15, -0.1) is 5.10 Å². The molecule has 1 aromatic heterocycles. The minimum atomic E-state index is -0.360. The number of rotatable bonds is 3. The van der Waals surface area contributed by atoms with E-state index in [-0.39, 0.29) is 11.9 Å². The minimum Gasteiger partial charge on any atom is -0.341 e. The van der Waals surface area contributed by atoms with Crippen molar-refractivity contribution in [2.24, 2.45) is 0 Å². The fourth-order valence-corrected chi connectivity index (χ4v) is 2.74. The first-order valence-electron chi connectivity index (χ1n) is 6.71. The zero-order chi connectivity index (χ0) is 15.0. The summed E-state index contributed by atoms with van der Waals surface area (Å²) in [6.07, 6.45) is 2.81. The molecule has 7 heteroatoms. The van der Waals surface area contributed by atoms with Gasteiger partial charge >= 0.3 is 0 Å². The van der Waals surface area contributed by atoms with Crippen LogP contribution in [-0.2, 0) is 4.79 Å². The third-order valence-electron chi connectivity index (χ3n) is 3.59. The zero-order valence-corrected chi connectivity index (χ0v) is 13.0. The van der Waals surface area contributed by atoms with Crippen molar-refractivity contribution < 1.29 is 4.79 Å². The zero-order valence-electron chi connectivity index (χ0n) is 11.5. The van der Waals surface area contributed by atoms with Gasteiger partial charge in [0.25, 0.3) is 0 Å². The topological polar surface area (TPSA) is 51.0 Å². The molecule has 0 aliphatic carbocycles. The molecular weight excluding hydrogens is 311 g/mol. The van der Waals surface area contributed by atoms with Crippen LogP contribution in [-0.4, -0.2) is 38.9 Å². The average molecular weight is 325 g/mol. The summed E-state index contributed by atoms with van der Waals surface area (Å²) in [6, 6.07) is 4.83. The lowest BCUT2D eigenvalue weighted by molar-refractivity contribution is -0.138. The summed E-state index contributed by atoms with van der Waals surface area (Å²) in [5.74, 6) is 0.0711. The van der Waals surface area contributed by atoms with Gasteiger partial charge in [0.2, 0.25) is 5.91 Å². The number of likely N-dealkylation sites (tertiary alicyclic amines) is 1.